The van der Waals surface area contributed by atoms with E-state index in [-0.39, 0.29) is 6.54 Å². The van der Waals surface area contributed by atoms with Crippen molar-refractivity contribution in [2.75, 3.05) is 13.7 Å². The maximum Gasteiger partial charge on any atom is 0.309 e. The minimum absolute atomic E-state index is 0.280. The van der Waals surface area contributed by atoms with Gasteiger partial charge in [-0.1, -0.05) is 42.5 Å². The van der Waals surface area contributed by atoms with Gasteiger partial charge in [-0.05, 0) is 29.7 Å². The Bertz CT molecular complexity index is 656. The Kier molecular flexibility index (Phi) is 6.17. The van der Waals surface area contributed by atoms with Crippen LogP contribution in [-0.2, 0) is 22.6 Å². The molecule has 0 aromatic heterocycles. The smallest absolute Gasteiger partial charge is 0.309 e. The van der Waals surface area contributed by atoms with E-state index in [9.17, 15) is 9.59 Å². The molecular weight excluding hydrogens is 292 g/mol. The summed E-state index contributed by atoms with van der Waals surface area (Å²) in [4.78, 5) is 23.5. The third-order valence-electron chi connectivity index (χ3n) is 3.34. The fourth-order valence-electron chi connectivity index (χ4n) is 2.09. The number of ether oxygens (including phenoxy) is 1. The topological polar surface area (TPSA) is 67.4 Å². The molecule has 2 aromatic carbocycles. The van der Waals surface area contributed by atoms with Crippen molar-refractivity contribution in [1.82, 2.24) is 10.6 Å². The molecule has 0 aliphatic carbocycles. The number of benzene rings is 2. The first-order valence-corrected chi connectivity index (χ1v) is 7.42. The molecule has 5 heteroatoms. The van der Waals surface area contributed by atoms with Crippen molar-refractivity contribution in [2.24, 2.45) is 0 Å². The number of methoxy groups -OCH3 is 1. The minimum atomic E-state index is -0.638. The van der Waals surface area contributed by atoms with E-state index < -0.39 is 11.8 Å². The molecule has 0 fully saturated rings. The maximum atomic E-state index is 11.8. The highest BCUT2D eigenvalue weighted by Crippen LogP contribution is 2.11. The van der Waals surface area contributed by atoms with Gasteiger partial charge in [0, 0.05) is 13.1 Å². The second-order valence-corrected chi connectivity index (χ2v) is 5.03. The molecule has 5 nitrogen and oxygen atoms in total. The predicted molar refractivity (Wildman–Crippen MR) is 88.0 cm³/mol. The second kappa shape index (κ2) is 8.58. The molecule has 0 bridgehead atoms. The third-order valence-corrected chi connectivity index (χ3v) is 3.34. The maximum absolute atomic E-state index is 11.8. The molecule has 0 radical (unpaired) electrons. The zero-order chi connectivity index (χ0) is 16.5. The van der Waals surface area contributed by atoms with Crippen LogP contribution in [0.25, 0.3) is 0 Å². The molecular formula is C18H20N2O3. The molecule has 23 heavy (non-hydrogen) atoms. The van der Waals surface area contributed by atoms with E-state index >= 15 is 0 Å². The van der Waals surface area contributed by atoms with E-state index in [4.69, 9.17) is 4.74 Å². The lowest BCUT2D eigenvalue weighted by Crippen LogP contribution is -2.40. The van der Waals surface area contributed by atoms with E-state index in [0.29, 0.717) is 18.7 Å². The normalized spacial score (nSPS) is 9.96. The Labute approximate surface area is 135 Å². The number of carbonyl (C=O) groups is 2. The quantitative estimate of drug-likeness (QED) is 0.797. The van der Waals surface area contributed by atoms with Crippen molar-refractivity contribution in [3.05, 3.63) is 65.7 Å². The number of carbonyl (C=O) groups excluding carboxylic acids is 2. The zero-order valence-corrected chi connectivity index (χ0v) is 13.0. The van der Waals surface area contributed by atoms with Crippen LogP contribution in [0.2, 0.25) is 0 Å². The lowest BCUT2D eigenvalue weighted by molar-refractivity contribution is -0.139. The summed E-state index contributed by atoms with van der Waals surface area (Å²) in [7, 11) is 1.58. The van der Waals surface area contributed by atoms with E-state index in [1.54, 1.807) is 7.11 Å². The Morgan fingerprint density at radius 2 is 1.61 bits per heavy atom. The standard InChI is InChI=1S/C18H20N2O3/c1-23-16-9-5-8-15(12-16)13-20-18(22)17(21)19-11-10-14-6-3-2-4-7-14/h2-9,12H,10-11,13H2,1H3,(H,19,21)(H,20,22). The Hall–Kier alpha value is -2.82. The average molecular weight is 312 g/mol. The first kappa shape index (κ1) is 16.5. The molecule has 120 valence electrons. The SMILES string of the molecule is COc1cccc(CNC(=O)C(=O)NCCc2ccccc2)c1. The lowest BCUT2D eigenvalue weighted by Gasteiger charge is -2.08. The van der Waals surface area contributed by atoms with Gasteiger partial charge >= 0.3 is 11.8 Å². The van der Waals surface area contributed by atoms with Crippen molar-refractivity contribution in [3.63, 3.8) is 0 Å². The Morgan fingerprint density at radius 3 is 2.35 bits per heavy atom. The van der Waals surface area contributed by atoms with E-state index in [2.05, 4.69) is 10.6 Å². The summed E-state index contributed by atoms with van der Waals surface area (Å²) < 4.78 is 5.11. The highest BCUT2D eigenvalue weighted by atomic mass is 16.5. The molecule has 0 spiro atoms. The van der Waals surface area contributed by atoms with Crippen molar-refractivity contribution < 1.29 is 14.3 Å². The predicted octanol–water partition coefficient (Wildman–Crippen LogP) is 1.67. The van der Waals surface area contributed by atoms with Gasteiger partial charge in [-0.2, -0.15) is 0 Å². The van der Waals surface area contributed by atoms with Crippen LogP contribution in [0.3, 0.4) is 0 Å². The molecule has 2 amide bonds. The van der Waals surface area contributed by atoms with Crippen LogP contribution in [-0.4, -0.2) is 25.5 Å². The second-order valence-electron chi connectivity index (χ2n) is 5.03. The highest BCUT2D eigenvalue weighted by Gasteiger charge is 2.12. The third kappa shape index (κ3) is 5.47. The number of rotatable bonds is 6. The molecule has 2 aromatic rings. The van der Waals surface area contributed by atoms with Crippen molar-refractivity contribution in [1.29, 1.82) is 0 Å². The molecule has 0 saturated carbocycles. The van der Waals surface area contributed by atoms with Gasteiger partial charge in [0.15, 0.2) is 0 Å². The summed E-state index contributed by atoms with van der Waals surface area (Å²) in [6.45, 7) is 0.706. The molecule has 0 atom stereocenters. The van der Waals surface area contributed by atoms with Gasteiger partial charge in [0.1, 0.15) is 5.75 Å². The summed E-state index contributed by atoms with van der Waals surface area (Å²) in [5.74, 6) is -0.547. The van der Waals surface area contributed by atoms with Crippen molar-refractivity contribution in [2.45, 2.75) is 13.0 Å². The van der Waals surface area contributed by atoms with Gasteiger partial charge in [-0.25, -0.2) is 0 Å². The summed E-state index contributed by atoms with van der Waals surface area (Å²) >= 11 is 0. The molecule has 2 rings (SSSR count). The van der Waals surface area contributed by atoms with Gasteiger partial charge in [0.05, 0.1) is 7.11 Å². The lowest BCUT2D eigenvalue weighted by atomic mass is 10.1. The molecule has 0 saturated heterocycles. The van der Waals surface area contributed by atoms with Crippen LogP contribution in [0.15, 0.2) is 54.6 Å². The number of nitrogens with one attached hydrogen (secondary N) is 2. The first-order valence-electron chi connectivity index (χ1n) is 7.42. The summed E-state index contributed by atoms with van der Waals surface area (Å²) in [5.41, 5.74) is 1.99. The summed E-state index contributed by atoms with van der Waals surface area (Å²) in [6, 6.07) is 17.1. The van der Waals surface area contributed by atoms with Crippen molar-refractivity contribution in [3.8, 4) is 5.75 Å². The van der Waals surface area contributed by atoms with Crippen LogP contribution in [0.4, 0.5) is 0 Å². The number of hydrogen-bond acceptors (Lipinski definition) is 3. The molecule has 0 unspecified atom stereocenters. The summed E-state index contributed by atoms with van der Waals surface area (Å²) in [5, 5.41) is 5.21. The van der Waals surface area contributed by atoms with Gasteiger partial charge in [-0.15, -0.1) is 0 Å². The van der Waals surface area contributed by atoms with Gasteiger partial charge in [-0.3, -0.25) is 9.59 Å². The van der Waals surface area contributed by atoms with Crippen LogP contribution >= 0.6 is 0 Å². The first-order chi connectivity index (χ1) is 11.2. The van der Waals surface area contributed by atoms with E-state index in [1.165, 1.54) is 0 Å². The van der Waals surface area contributed by atoms with E-state index in [1.807, 2.05) is 54.6 Å². The van der Waals surface area contributed by atoms with Crippen molar-refractivity contribution >= 4 is 11.8 Å². The average Bonchev–Trinajstić information content (AvgIpc) is 2.60. The number of hydrogen-bond donors (Lipinski definition) is 2. The zero-order valence-electron chi connectivity index (χ0n) is 13.0. The van der Waals surface area contributed by atoms with Gasteiger partial charge in [0.2, 0.25) is 0 Å². The number of amides is 2. The molecule has 0 aliphatic heterocycles. The van der Waals surface area contributed by atoms with Crippen LogP contribution < -0.4 is 15.4 Å². The molecule has 0 heterocycles. The fraction of sp³-hybridized carbons (Fsp3) is 0.222. The fourth-order valence-corrected chi connectivity index (χ4v) is 2.09. The molecule has 0 aliphatic rings. The highest BCUT2D eigenvalue weighted by molar-refractivity contribution is 6.35. The van der Waals surface area contributed by atoms with E-state index in [0.717, 1.165) is 11.1 Å². The van der Waals surface area contributed by atoms with Crippen LogP contribution in [0, 0.1) is 0 Å². The van der Waals surface area contributed by atoms with Crippen LogP contribution in [0.5, 0.6) is 5.75 Å². The monoisotopic (exact) mass is 312 g/mol. The largest absolute Gasteiger partial charge is 0.497 e. The minimum Gasteiger partial charge on any atom is -0.497 e. The van der Waals surface area contributed by atoms with Gasteiger partial charge < -0.3 is 15.4 Å². The van der Waals surface area contributed by atoms with Gasteiger partial charge in [0.25, 0.3) is 0 Å². The van der Waals surface area contributed by atoms with Crippen LogP contribution in [0.1, 0.15) is 11.1 Å². The Balaban J connectivity index is 1.73. The molecule has 2 N–H and O–H groups in total. The Morgan fingerprint density at radius 1 is 0.913 bits per heavy atom. The summed E-state index contributed by atoms with van der Waals surface area (Å²) in [6.07, 6.45) is 0.690.